The Labute approximate surface area is 169 Å². The molecule has 0 radical (unpaired) electrons. The molecule has 0 aliphatic carbocycles. The minimum absolute atomic E-state index is 0.187. The molecule has 0 saturated heterocycles. The molecule has 1 unspecified atom stereocenters. The van der Waals surface area contributed by atoms with Crippen LogP contribution >= 0.6 is 0 Å². The topological polar surface area (TPSA) is 60.2 Å². The fourth-order valence-corrected chi connectivity index (χ4v) is 3.25. The van der Waals surface area contributed by atoms with Crippen molar-refractivity contribution in [3.63, 3.8) is 0 Å². The van der Waals surface area contributed by atoms with Gasteiger partial charge in [-0.25, -0.2) is 9.79 Å². The van der Waals surface area contributed by atoms with Gasteiger partial charge in [-0.2, -0.15) is 0 Å². The van der Waals surface area contributed by atoms with E-state index in [1.165, 1.54) is 7.11 Å². The molecular formula is C24H20N2O3. The standard InChI is InChI=1S/C24H20N2O3/c1-28-23(27)24(17-21(26-29-24)18-11-5-2-6-12-18)25-22(19-13-7-3-8-14-19)20-15-9-4-10-16-20/h2-16H,17H2,1H3. The number of aliphatic imine (C=N–C) groups is 1. The van der Waals surface area contributed by atoms with Crippen molar-refractivity contribution in [1.82, 2.24) is 0 Å². The number of nitrogens with zero attached hydrogens (tertiary/aromatic N) is 2. The monoisotopic (exact) mass is 384 g/mol. The second-order valence-electron chi connectivity index (χ2n) is 6.64. The quantitative estimate of drug-likeness (QED) is 0.489. The molecular weight excluding hydrogens is 364 g/mol. The van der Waals surface area contributed by atoms with Crippen molar-refractivity contribution in [3.8, 4) is 0 Å². The third kappa shape index (κ3) is 3.80. The number of methoxy groups -OCH3 is 1. The SMILES string of the molecule is COC(=O)C1(N=C(c2ccccc2)c2ccccc2)CC(c2ccccc2)=NO1. The molecule has 29 heavy (non-hydrogen) atoms. The molecule has 3 aromatic carbocycles. The smallest absolute Gasteiger partial charge is 0.377 e. The van der Waals surface area contributed by atoms with Crippen molar-refractivity contribution >= 4 is 17.4 Å². The zero-order chi connectivity index (χ0) is 20.1. The molecule has 144 valence electrons. The van der Waals surface area contributed by atoms with Crippen LogP contribution in [0.15, 0.2) is 101 Å². The van der Waals surface area contributed by atoms with Gasteiger partial charge >= 0.3 is 11.7 Å². The van der Waals surface area contributed by atoms with Gasteiger partial charge in [-0.15, -0.1) is 0 Å². The molecule has 0 saturated carbocycles. The Hall–Kier alpha value is -3.73. The van der Waals surface area contributed by atoms with Gasteiger partial charge in [-0.1, -0.05) is 96.2 Å². The lowest BCUT2D eigenvalue weighted by atomic mass is 9.98. The largest absolute Gasteiger partial charge is 0.464 e. The number of benzene rings is 3. The number of hydrogen-bond acceptors (Lipinski definition) is 5. The van der Waals surface area contributed by atoms with Crippen LogP contribution in [-0.2, 0) is 14.4 Å². The van der Waals surface area contributed by atoms with Crippen molar-refractivity contribution in [2.24, 2.45) is 10.1 Å². The van der Waals surface area contributed by atoms with E-state index in [4.69, 9.17) is 14.6 Å². The zero-order valence-corrected chi connectivity index (χ0v) is 16.0. The molecule has 0 fully saturated rings. The third-order valence-electron chi connectivity index (χ3n) is 4.71. The predicted molar refractivity (Wildman–Crippen MR) is 112 cm³/mol. The molecule has 0 N–H and O–H groups in total. The van der Waals surface area contributed by atoms with Crippen LogP contribution in [0.25, 0.3) is 0 Å². The summed E-state index contributed by atoms with van der Waals surface area (Å²) in [7, 11) is 1.33. The summed E-state index contributed by atoms with van der Waals surface area (Å²) < 4.78 is 5.05. The van der Waals surface area contributed by atoms with E-state index in [2.05, 4.69) is 5.16 Å². The van der Waals surface area contributed by atoms with E-state index in [9.17, 15) is 4.79 Å². The Bertz CT molecular complexity index is 1010. The first-order valence-corrected chi connectivity index (χ1v) is 9.31. The average Bonchev–Trinajstić information content (AvgIpc) is 3.24. The molecule has 0 amide bonds. The number of rotatable bonds is 5. The molecule has 0 bridgehead atoms. The molecule has 0 spiro atoms. The van der Waals surface area contributed by atoms with Gasteiger partial charge in [0.05, 0.1) is 25.0 Å². The van der Waals surface area contributed by atoms with E-state index in [0.29, 0.717) is 11.4 Å². The molecule has 1 atom stereocenters. The van der Waals surface area contributed by atoms with Crippen LogP contribution in [0.3, 0.4) is 0 Å². The fourth-order valence-electron chi connectivity index (χ4n) is 3.25. The van der Waals surface area contributed by atoms with Gasteiger partial charge in [-0.05, 0) is 5.56 Å². The lowest BCUT2D eigenvalue weighted by Crippen LogP contribution is -2.39. The fraction of sp³-hybridized carbons (Fsp3) is 0.125. The van der Waals surface area contributed by atoms with Crippen molar-refractivity contribution in [3.05, 3.63) is 108 Å². The molecule has 3 aromatic rings. The van der Waals surface area contributed by atoms with Gasteiger partial charge in [-0.3, -0.25) is 0 Å². The Morgan fingerprint density at radius 1 is 0.897 bits per heavy atom. The van der Waals surface area contributed by atoms with Crippen LogP contribution in [0.5, 0.6) is 0 Å². The van der Waals surface area contributed by atoms with Gasteiger partial charge in [0, 0.05) is 11.1 Å². The Balaban J connectivity index is 1.80. The van der Waals surface area contributed by atoms with Gasteiger partial charge in [0.15, 0.2) is 0 Å². The first-order valence-electron chi connectivity index (χ1n) is 9.31. The van der Waals surface area contributed by atoms with E-state index in [-0.39, 0.29) is 6.42 Å². The summed E-state index contributed by atoms with van der Waals surface area (Å²) in [6.45, 7) is 0. The normalized spacial score (nSPS) is 17.8. The summed E-state index contributed by atoms with van der Waals surface area (Å²) in [5.74, 6) is -0.587. The molecule has 4 rings (SSSR count). The summed E-state index contributed by atoms with van der Waals surface area (Å²) >= 11 is 0. The van der Waals surface area contributed by atoms with Crippen LogP contribution in [-0.4, -0.2) is 30.2 Å². The first kappa shape index (κ1) is 18.6. The lowest BCUT2D eigenvalue weighted by molar-refractivity contribution is -0.165. The highest BCUT2D eigenvalue weighted by Gasteiger charge is 2.48. The number of esters is 1. The highest BCUT2D eigenvalue weighted by Crippen LogP contribution is 2.31. The lowest BCUT2D eigenvalue weighted by Gasteiger charge is -2.21. The third-order valence-corrected chi connectivity index (χ3v) is 4.71. The van der Waals surface area contributed by atoms with Crippen LogP contribution in [0.2, 0.25) is 0 Å². The van der Waals surface area contributed by atoms with E-state index in [1.807, 2.05) is 91.0 Å². The van der Waals surface area contributed by atoms with Gasteiger partial charge < -0.3 is 9.57 Å². The first-order chi connectivity index (χ1) is 14.2. The number of carbonyl (C=O) groups excluding carboxylic acids is 1. The maximum absolute atomic E-state index is 12.8. The average molecular weight is 384 g/mol. The van der Waals surface area contributed by atoms with Crippen molar-refractivity contribution in [2.75, 3.05) is 7.11 Å². The Morgan fingerprint density at radius 2 is 1.41 bits per heavy atom. The minimum atomic E-state index is -1.57. The molecule has 1 aliphatic rings. The summed E-state index contributed by atoms with van der Waals surface area (Å²) in [5.41, 5.74) is 2.36. The Morgan fingerprint density at radius 3 is 1.93 bits per heavy atom. The number of carbonyl (C=O) groups is 1. The van der Waals surface area contributed by atoms with Gasteiger partial charge in [0.25, 0.3) is 0 Å². The molecule has 1 heterocycles. The molecule has 5 heteroatoms. The molecule has 1 aliphatic heterocycles. The minimum Gasteiger partial charge on any atom is -0.464 e. The Kier molecular flexibility index (Phi) is 5.20. The zero-order valence-electron chi connectivity index (χ0n) is 16.0. The van der Waals surface area contributed by atoms with Crippen LogP contribution < -0.4 is 0 Å². The maximum atomic E-state index is 12.8. The van der Waals surface area contributed by atoms with E-state index in [1.54, 1.807) is 0 Å². The van der Waals surface area contributed by atoms with Gasteiger partial charge in [0.2, 0.25) is 0 Å². The summed E-state index contributed by atoms with van der Waals surface area (Å²) in [5, 5.41) is 4.18. The van der Waals surface area contributed by atoms with E-state index in [0.717, 1.165) is 16.7 Å². The number of hydrogen-bond donors (Lipinski definition) is 0. The van der Waals surface area contributed by atoms with Crippen LogP contribution in [0.1, 0.15) is 23.1 Å². The molecule has 5 nitrogen and oxygen atoms in total. The van der Waals surface area contributed by atoms with E-state index < -0.39 is 11.7 Å². The number of ether oxygens (including phenoxy) is 1. The van der Waals surface area contributed by atoms with Crippen molar-refractivity contribution in [2.45, 2.75) is 12.1 Å². The second-order valence-corrected chi connectivity index (χ2v) is 6.64. The highest BCUT2D eigenvalue weighted by molar-refractivity contribution is 6.14. The van der Waals surface area contributed by atoms with Crippen LogP contribution in [0, 0.1) is 0 Å². The number of oxime groups is 1. The van der Waals surface area contributed by atoms with Crippen LogP contribution in [0.4, 0.5) is 0 Å². The van der Waals surface area contributed by atoms with Gasteiger partial charge in [0.1, 0.15) is 0 Å². The highest BCUT2D eigenvalue weighted by atomic mass is 16.7. The molecule has 0 aromatic heterocycles. The van der Waals surface area contributed by atoms with Crippen molar-refractivity contribution in [1.29, 1.82) is 0 Å². The summed E-state index contributed by atoms with van der Waals surface area (Å²) in [4.78, 5) is 23.2. The second kappa shape index (κ2) is 8.10. The van der Waals surface area contributed by atoms with E-state index >= 15 is 0 Å². The predicted octanol–water partition coefficient (Wildman–Crippen LogP) is 4.22. The summed E-state index contributed by atoms with van der Waals surface area (Å²) in [6.07, 6.45) is 0.187. The summed E-state index contributed by atoms with van der Waals surface area (Å²) in [6, 6.07) is 29.0. The maximum Gasteiger partial charge on any atom is 0.377 e. The van der Waals surface area contributed by atoms with Crippen molar-refractivity contribution < 1.29 is 14.4 Å².